The van der Waals surface area contributed by atoms with Crippen LogP contribution in [0.15, 0.2) is 65.5 Å². The molecule has 9 nitrogen and oxygen atoms in total. The fourth-order valence-corrected chi connectivity index (χ4v) is 5.15. The fourth-order valence-electron chi connectivity index (χ4n) is 5.15. The largest absolute Gasteiger partial charge is 0.497 e. The number of carbonyl (C=O) groups excluding carboxylic acids is 2. The van der Waals surface area contributed by atoms with Crippen molar-refractivity contribution in [3.05, 3.63) is 82.3 Å². The molecule has 0 aliphatic carbocycles. The first kappa shape index (κ1) is 23.5. The van der Waals surface area contributed by atoms with Crippen molar-refractivity contribution in [1.29, 1.82) is 0 Å². The highest BCUT2D eigenvalue weighted by Crippen LogP contribution is 2.36. The summed E-state index contributed by atoms with van der Waals surface area (Å²) in [6.07, 6.45) is 0.924. The van der Waals surface area contributed by atoms with Crippen molar-refractivity contribution in [2.24, 2.45) is 5.92 Å². The third-order valence-electron chi connectivity index (χ3n) is 6.83. The van der Waals surface area contributed by atoms with Crippen LogP contribution in [-0.4, -0.2) is 48.7 Å². The van der Waals surface area contributed by atoms with E-state index in [4.69, 9.17) is 9.47 Å². The highest BCUT2D eigenvalue weighted by molar-refractivity contribution is 6.00. The third-order valence-corrected chi connectivity index (χ3v) is 6.83. The molecule has 0 spiro atoms. The maximum atomic E-state index is 13.3. The van der Waals surface area contributed by atoms with Crippen LogP contribution in [0.3, 0.4) is 0 Å². The molecular weight excluding hydrogens is 460 g/mol. The monoisotopic (exact) mass is 488 g/mol. The third kappa shape index (κ3) is 4.51. The Balaban J connectivity index is 1.31. The van der Waals surface area contributed by atoms with Crippen molar-refractivity contribution < 1.29 is 19.1 Å². The molecule has 5 rings (SSSR count). The minimum atomic E-state index is -0.524. The lowest BCUT2D eigenvalue weighted by Gasteiger charge is -2.43. The predicted molar refractivity (Wildman–Crippen MR) is 136 cm³/mol. The van der Waals surface area contributed by atoms with Crippen molar-refractivity contribution in [2.45, 2.75) is 18.9 Å². The second-order valence-corrected chi connectivity index (χ2v) is 9.10. The van der Waals surface area contributed by atoms with Crippen LogP contribution in [0, 0.1) is 5.92 Å². The van der Waals surface area contributed by atoms with Gasteiger partial charge < -0.3 is 29.6 Å². The summed E-state index contributed by atoms with van der Waals surface area (Å²) in [5, 5.41) is 5.39. The lowest BCUT2D eigenvalue weighted by atomic mass is 9.83. The molecule has 36 heavy (non-hydrogen) atoms. The van der Waals surface area contributed by atoms with Crippen molar-refractivity contribution in [1.82, 2.24) is 9.47 Å². The summed E-state index contributed by atoms with van der Waals surface area (Å²) in [7, 11) is 3.12. The molecule has 2 atom stereocenters. The summed E-state index contributed by atoms with van der Waals surface area (Å²) in [6, 6.07) is 17.2. The lowest BCUT2D eigenvalue weighted by molar-refractivity contribution is 0.0594. The second-order valence-electron chi connectivity index (χ2n) is 9.10. The van der Waals surface area contributed by atoms with Crippen LogP contribution < -0.4 is 25.7 Å². The Bertz CT molecular complexity index is 1350. The zero-order valence-electron chi connectivity index (χ0n) is 20.2. The van der Waals surface area contributed by atoms with Gasteiger partial charge in [0.15, 0.2) is 0 Å². The number of para-hydroxylation sites is 2. The molecule has 0 saturated carbocycles. The van der Waals surface area contributed by atoms with Gasteiger partial charge in [-0.3, -0.25) is 9.59 Å². The number of anilines is 2. The smallest absolute Gasteiger partial charge is 0.323 e. The molecule has 9 heteroatoms. The number of likely N-dealkylation sites (tertiary alicyclic amines) is 1. The molecule has 0 unspecified atom stereocenters. The second kappa shape index (κ2) is 9.77. The first-order valence-corrected chi connectivity index (χ1v) is 11.8. The summed E-state index contributed by atoms with van der Waals surface area (Å²) in [4.78, 5) is 40.8. The Labute approximate surface area is 208 Å². The molecular formula is C27H28N4O5. The minimum Gasteiger partial charge on any atom is -0.497 e. The number of benzene rings is 2. The van der Waals surface area contributed by atoms with E-state index in [2.05, 4.69) is 10.6 Å². The predicted octanol–water partition coefficient (Wildman–Crippen LogP) is 3.77. The van der Waals surface area contributed by atoms with Gasteiger partial charge in [-0.1, -0.05) is 12.1 Å². The number of hydrogen-bond donors (Lipinski definition) is 2. The number of urea groups is 1. The Morgan fingerprint density at radius 3 is 2.36 bits per heavy atom. The topological polar surface area (TPSA) is 102 Å². The van der Waals surface area contributed by atoms with E-state index >= 15 is 0 Å². The molecule has 1 saturated heterocycles. The molecule has 2 bridgehead atoms. The van der Waals surface area contributed by atoms with E-state index in [-0.39, 0.29) is 29.0 Å². The van der Waals surface area contributed by atoms with Gasteiger partial charge in [-0.2, -0.15) is 0 Å². The molecule has 186 valence electrons. The van der Waals surface area contributed by atoms with Crippen LogP contribution >= 0.6 is 0 Å². The highest BCUT2D eigenvalue weighted by Gasteiger charge is 2.37. The van der Waals surface area contributed by atoms with Crippen LogP contribution in [-0.2, 0) is 6.54 Å². The number of hydrogen-bond acceptors (Lipinski definition) is 5. The zero-order chi connectivity index (χ0) is 25.2. The lowest BCUT2D eigenvalue weighted by Crippen LogP contribution is -2.49. The molecule has 1 fully saturated rings. The van der Waals surface area contributed by atoms with Crippen molar-refractivity contribution in [3.8, 4) is 11.5 Å². The number of aromatic nitrogens is 1. The van der Waals surface area contributed by atoms with Gasteiger partial charge >= 0.3 is 6.03 Å². The van der Waals surface area contributed by atoms with Crippen molar-refractivity contribution in [2.75, 3.05) is 37.9 Å². The van der Waals surface area contributed by atoms with E-state index in [1.807, 2.05) is 11.0 Å². The van der Waals surface area contributed by atoms with Crippen LogP contribution in [0.1, 0.15) is 28.4 Å². The number of amides is 3. The Hall–Kier alpha value is -4.27. The van der Waals surface area contributed by atoms with Gasteiger partial charge in [-0.15, -0.1) is 0 Å². The molecule has 0 radical (unpaired) electrons. The van der Waals surface area contributed by atoms with Crippen LogP contribution in [0.2, 0.25) is 0 Å². The Morgan fingerprint density at radius 2 is 1.61 bits per heavy atom. The fraction of sp³-hybridized carbons (Fsp3) is 0.296. The first-order valence-electron chi connectivity index (χ1n) is 11.8. The SMILES string of the molecule is COc1ccc(C(=O)N2C[C@@H]3C[C@H](C2)c2ccc(NC(=O)Nc4ccccc4OC)c(=O)n2C3)cc1. The van der Waals surface area contributed by atoms with Gasteiger partial charge in [0, 0.05) is 36.8 Å². The van der Waals surface area contributed by atoms with Crippen LogP contribution in [0.5, 0.6) is 11.5 Å². The summed E-state index contributed by atoms with van der Waals surface area (Å²) >= 11 is 0. The number of carbonyl (C=O) groups is 2. The summed E-state index contributed by atoms with van der Waals surface area (Å²) in [5.41, 5.74) is 1.98. The number of rotatable bonds is 5. The minimum absolute atomic E-state index is 0.0190. The summed E-state index contributed by atoms with van der Waals surface area (Å²) in [5.74, 6) is 1.43. The Kier molecular flexibility index (Phi) is 6.37. The molecule has 3 heterocycles. The zero-order valence-corrected chi connectivity index (χ0v) is 20.2. The number of nitrogens with one attached hydrogen (secondary N) is 2. The molecule has 2 aliphatic heterocycles. The average Bonchev–Trinajstić information content (AvgIpc) is 2.90. The summed E-state index contributed by atoms with van der Waals surface area (Å²) < 4.78 is 12.2. The molecule has 3 aromatic rings. The number of nitrogens with zero attached hydrogens (tertiary/aromatic N) is 2. The van der Waals surface area contributed by atoms with Crippen molar-refractivity contribution >= 4 is 23.3 Å². The number of ether oxygens (including phenoxy) is 2. The van der Waals surface area contributed by atoms with E-state index in [1.165, 1.54) is 7.11 Å². The van der Waals surface area contributed by atoms with Crippen molar-refractivity contribution in [3.63, 3.8) is 0 Å². The number of pyridine rings is 1. The quantitative estimate of drug-likeness (QED) is 0.569. The van der Waals surface area contributed by atoms with Gasteiger partial charge in [-0.25, -0.2) is 4.79 Å². The van der Waals surface area contributed by atoms with E-state index in [0.29, 0.717) is 42.4 Å². The maximum Gasteiger partial charge on any atom is 0.323 e. The van der Waals surface area contributed by atoms with Crippen LogP contribution in [0.25, 0.3) is 0 Å². The normalized spacial score (nSPS) is 18.1. The summed E-state index contributed by atoms with van der Waals surface area (Å²) in [6.45, 7) is 1.63. The molecule has 1 aromatic heterocycles. The molecule has 2 N–H and O–H groups in total. The van der Waals surface area contributed by atoms with Crippen LogP contribution in [0.4, 0.5) is 16.2 Å². The van der Waals surface area contributed by atoms with Gasteiger partial charge in [0.25, 0.3) is 11.5 Å². The molecule has 3 amide bonds. The van der Waals surface area contributed by atoms with Gasteiger partial charge in [0.1, 0.15) is 17.2 Å². The number of methoxy groups -OCH3 is 2. The number of piperidine rings is 1. The Morgan fingerprint density at radius 1 is 0.861 bits per heavy atom. The first-order chi connectivity index (χ1) is 17.5. The molecule has 2 aliphatic rings. The highest BCUT2D eigenvalue weighted by atomic mass is 16.5. The van der Waals surface area contributed by atoms with E-state index < -0.39 is 6.03 Å². The number of fused-ring (bicyclic) bond motifs is 4. The van der Waals surface area contributed by atoms with Gasteiger partial charge in [-0.05, 0) is 60.9 Å². The van der Waals surface area contributed by atoms with Gasteiger partial charge in [0.2, 0.25) is 0 Å². The van der Waals surface area contributed by atoms with E-state index in [0.717, 1.165) is 12.1 Å². The average molecular weight is 489 g/mol. The maximum absolute atomic E-state index is 13.3. The standard InChI is InChI=1S/C27H28N4O5/c1-35-20-9-7-18(8-10-20)25(32)30-14-17-13-19(16-30)23-12-11-22(26(33)31(23)15-17)29-27(34)28-21-5-3-4-6-24(21)36-2/h3-12,17,19H,13-16H2,1-2H3,(H2,28,29,34)/t17-,19+/m0/s1. The van der Waals surface area contributed by atoms with E-state index in [9.17, 15) is 14.4 Å². The van der Waals surface area contributed by atoms with E-state index in [1.54, 1.807) is 66.3 Å². The van der Waals surface area contributed by atoms with Gasteiger partial charge in [0.05, 0.1) is 19.9 Å². The molecule has 2 aromatic carbocycles.